The Morgan fingerprint density at radius 1 is 1.50 bits per heavy atom. The normalized spacial score (nSPS) is 11.5. The van der Waals surface area contributed by atoms with Gasteiger partial charge in [-0.15, -0.1) is 6.42 Å². The molecule has 1 unspecified atom stereocenters. The molecule has 0 aromatic heterocycles. The fraction of sp³-hybridized carbons (Fsp3) is 0.250. The minimum Gasteiger partial charge on any atom is -0.481 e. The number of carboxylic acids is 1. The van der Waals surface area contributed by atoms with Gasteiger partial charge >= 0.3 is 5.97 Å². The Balaban J connectivity index is 2.58. The molecule has 0 aliphatic rings. The van der Waals surface area contributed by atoms with Crippen molar-refractivity contribution in [3.8, 4) is 18.1 Å². The topological polar surface area (TPSA) is 72.5 Å². The van der Waals surface area contributed by atoms with Gasteiger partial charge in [-0.1, -0.05) is 18.1 Å². The smallest absolute Gasteiger partial charge is 0.320 e. The molecule has 84 valence electrons. The zero-order chi connectivity index (χ0) is 12.0. The van der Waals surface area contributed by atoms with Crippen LogP contribution in [-0.2, 0) is 11.2 Å². The standard InChI is InChI=1S/C12H13NO3/c1-2-7-16-10-5-3-9(4-6-10)8-11(13)12(14)15/h1,3-6,11H,7-8,13H2,(H,14,15). The van der Waals surface area contributed by atoms with Crippen LogP contribution < -0.4 is 10.5 Å². The third-order valence-electron chi connectivity index (χ3n) is 2.02. The molecule has 4 nitrogen and oxygen atoms in total. The minimum absolute atomic E-state index is 0.216. The molecule has 0 spiro atoms. The zero-order valence-electron chi connectivity index (χ0n) is 8.72. The molecule has 0 bridgehead atoms. The lowest BCUT2D eigenvalue weighted by molar-refractivity contribution is -0.138. The summed E-state index contributed by atoms with van der Waals surface area (Å²) in [5.74, 6) is 2.01. The summed E-state index contributed by atoms with van der Waals surface area (Å²) in [7, 11) is 0. The molecule has 0 radical (unpaired) electrons. The molecular formula is C12H13NO3. The number of benzene rings is 1. The molecule has 0 heterocycles. The Bertz CT molecular complexity index is 392. The monoisotopic (exact) mass is 219 g/mol. The van der Waals surface area contributed by atoms with E-state index < -0.39 is 12.0 Å². The molecule has 4 heteroatoms. The Morgan fingerprint density at radius 3 is 2.62 bits per heavy atom. The van der Waals surface area contributed by atoms with Crippen molar-refractivity contribution >= 4 is 5.97 Å². The van der Waals surface area contributed by atoms with E-state index in [0.717, 1.165) is 5.56 Å². The SMILES string of the molecule is C#CCOc1ccc(CC(N)C(=O)O)cc1. The maximum absolute atomic E-state index is 10.5. The summed E-state index contributed by atoms with van der Waals surface area (Å²) in [6, 6.07) is 6.14. The van der Waals surface area contributed by atoms with Crippen molar-refractivity contribution in [2.45, 2.75) is 12.5 Å². The number of aliphatic carboxylic acids is 1. The molecule has 0 aliphatic heterocycles. The Morgan fingerprint density at radius 2 is 2.12 bits per heavy atom. The predicted octanol–water partition coefficient (Wildman–Crippen LogP) is 0.653. The fourth-order valence-corrected chi connectivity index (χ4v) is 1.19. The molecule has 0 fully saturated rings. The highest BCUT2D eigenvalue weighted by atomic mass is 16.5. The van der Waals surface area contributed by atoms with Crippen molar-refractivity contribution in [3.63, 3.8) is 0 Å². The van der Waals surface area contributed by atoms with Crippen LogP contribution in [0, 0.1) is 12.3 Å². The lowest BCUT2D eigenvalue weighted by Crippen LogP contribution is -2.32. The molecule has 0 amide bonds. The van der Waals surface area contributed by atoms with Crippen LogP contribution in [0.3, 0.4) is 0 Å². The average Bonchev–Trinajstić information content (AvgIpc) is 2.28. The van der Waals surface area contributed by atoms with Crippen molar-refractivity contribution in [1.82, 2.24) is 0 Å². The Labute approximate surface area is 94.0 Å². The van der Waals surface area contributed by atoms with Gasteiger partial charge in [0.15, 0.2) is 0 Å². The van der Waals surface area contributed by atoms with E-state index in [2.05, 4.69) is 5.92 Å². The van der Waals surface area contributed by atoms with E-state index in [9.17, 15) is 4.79 Å². The molecule has 3 N–H and O–H groups in total. The second-order valence-corrected chi connectivity index (χ2v) is 3.29. The third-order valence-corrected chi connectivity index (χ3v) is 2.02. The maximum Gasteiger partial charge on any atom is 0.320 e. The number of hydrogen-bond acceptors (Lipinski definition) is 3. The first-order valence-corrected chi connectivity index (χ1v) is 4.77. The number of terminal acetylenes is 1. The van der Waals surface area contributed by atoms with Crippen LogP contribution in [0.1, 0.15) is 5.56 Å². The first-order valence-electron chi connectivity index (χ1n) is 4.77. The van der Waals surface area contributed by atoms with E-state index in [0.29, 0.717) is 12.2 Å². The molecule has 0 saturated heterocycles. The predicted molar refractivity (Wildman–Crippen MR) is 60.1 cm³/mol. The summed E-state index contributed by atoms with van der Waals surface area (Å²) in [6.45, 7) is 0.216. The second kappa shape index (κ2) is 5.79. The molecule has 1 atom stereocenters. The van der Waals surface area contributed by atoms with Gasteiger partial charge in [-0.05, 0) is 24.1 Å². The maximum atomic E-state index is 10.5. The number of carbonyl (C=O) groups is 1. The number of rotatable bonds is 5. The zero-order valence-corrected chi connectivity index (χ0v) is 8.72. The van der Waals surface area contributed by atoms with Gasteiger partial charge in [0.05, 0.1) is 0 Å². The van der Waals surface area contributed by atoms with Crippen molar-refractivity contribution in [1.29, 1.82) is 0 Å². The van der Waals surface area contributed by atoms with Crippen molar-refractivity contribution < 1.29 is 14.6 Å². The molecular weight excluding hydrogens is 206 g/mol. The van der Waals surface area contributed by atoms with Crippen LogP contribution in [0.25, 0.3) is 0 Å². The summed E-state index contributed by atoms with van der Waals surface area (Å²) in [4.78, 5) is 10.5. The second-order valence-electron chi connectivity index (χ2n) is 3.29. The van der Waals surface area contributed by atoms with E-state index >= 15 is 0 Å². The van der Waals surface area contributed by atoms with Gasteiger partial charge in [-0.25, -0.2) is 0 Å². The van der Waals surface area contributed by atoms with Gasteiger partial charge in [0, 0.05) is 0 Å². The van der Waals surface area contributed by atoms with E-state index in [1.807, 2.05) is 0 Å². The Hall–Kier alpha value is -1.99. The van der Waals surface area contributed by atoms with Gasteiger partial charge in [0.1, 0.15) is 18.4 Å². The summed E-state index contributed by atoms with van der Waals surface area (Å²) in [5.41, 5.74) is 6.26. The van der Waals surface area contributed by atoms with Crippen LogP contribution >= 0.6 is 0 Å². The molecule has 1 rings (SSSR count). The molecule has 1 aromatic carbocycles. The van der Waals surface area contributed by atoms with Crippen LogP contribution in [-0.4, -0.2) is 23.7 Å². The number of hydrogen-bond donors (Lipinski definition) is 2. The van der Waals surface area contributed by atoms with Crippen LogP contribution in [0.4, 0.5) is 0 Å². The summed E-state index contributed by atoms with van der Waals surface area (Å²) in [6.07, 6.45) is 5.35. The largest absolute Gasteiger partial charge is 0.481 e. The summed E-state index contributed by atoms with van der Waals surface area (Å²) < 4.78 is 5.18. The summed E-state index contributed by atoms with van der Waals surface area (Å²) in [5, 5.41) is 8.64. The van der Waals surface area contributed by atoms with Crippen LogP contribution in [0.2, 0.25) is 0 Å². The highest BCUT2D eigenvalue weighted by molar-refractivity contribution is 5.73. The summed E-state index contributed by atoms with van der Waals surface area (Å²) >= 11 is 0. The number of ether oxygens (including phenoxy) is 1. The Kier molecular flexibility index (Phi) is 4.37. The minimum atomic E-state index is -1.01. The quantitative estimate of drug-likeness (QED) is 0.713. The highest BCUT2D eigenvalue weighted by Crippen LogP contribution is 2.13. The highest BCUT2D eigenvalue weighted by Gasteiger charge is 2.11. The van der Waals surface area contributed by atoms with Gasteiger partial charge < -0.3 is 15.6 Å². The van der Waals surface area contributed by atoms with Crippen molar-refractivity contribution in [2.24, 2.45) is 5.73 Å². The average molecular weight is 219 g/mol. The van der Waals surface area contributed by atoms with E-state index in [4.69, 9.17) is 22.0 Å². The van der Waals surface area contributed by atoms with E-state index in [1.54, 1.807) is 24.3 Å². The third kappa shape index (κ3) is 3.64. The lowest BCUT2D eigenvalue weighted by atomic mass is 10.1. The van der Waals surface area contributed by atoms with Crippen LogP contribution in [0.15, 0.2) is 24.3 Å². The molecule has 1 aromatic rings. The number of nitrogens with two attached hydrogens (primary N) is 1. The van der Waals surface area contributed by atoms with Gasteiger partial charge in [0.2, 0.25) is 0 Å². The molecule has 0 aliphatic carbocycles. The molecule has 0 saturated carbocycles. The van der Waals surface area contributed by atoms with Crippen molar-refractivity contribution in [2.75, 3.05) is 6.61 Å². The van der Waals surface area contributed by atoms with Crippen molar-refractivity contribution in [3.05, 3.63) is 29.8 Å². The number of carboxylic acid groups (broad SMARTS) is 1. The molecule has 16 heavy (non-hydrogen) atoms. The first-order chi connectivity index (χ1) is 7.63. The van der Waals surface area contributed by atoms with Gasteiger partial charge in [0.25, 0.3) is 0 Å². The van der Waals surface area contributed by atoms with Gasteiger partial charge in [-0.2, -0.15) is 0 Å². The van der Waals surface area contributed by atoms with E-state index in [-0.39, 0.29) is 6.61 Å². The lowest BCUT2D eigenvalue weighted by Gasteiger charge is -2.07. The van der Waals surface area contributed by atoms with Crippen LogP contribution in [0.5, 0.6) is 5.75 Å². The first kappa shape index (κ1) is 12.1. The fourth-order valence-electron chi connectivity index (χ4n) is 1.19. The van der Waals surface area contributed by atoms with Gasteiger partial charge in [-0.3, -0.25) is 4.79 Å². The van der Waals surface area contributed by atoms with E-state index in [1.165, 1.54) is 0 Å².